The summed E-state index contributed by atoms with van der Waals surface area (Å²) in [4.78, 5) is 15.3. The van der Waals surface area contributed by atoms with Gasteiger partial charge in [0.1, 0.15) is 11.9 Å². The Bertz CT molecular complexity index is 1480. The summed E-state index contributed by atoms with van der Waals surface area (Å²) in [6, 6.07) is 11.7. The van der Waals surface area contributed by atoms with E-state index in [0.29, 0.717) is 22.3 Å². The van der Waals surface area contributed by atoms with Crippen LogP contribution in [-0.2, 0) is 25.7 Å². The van der Waals surface area contributed by atoms with Gasteiger partial charge in [0, 0.05) is 12.6 Å². The summed E-state index contributed by atoms with van der Waals surface area (Å²) < 4.78 is 78.9. The lowest BCUT2D eigenvalue weighted by atomic mass is 10.1. The SMILES string of the molecule is COC(=O)CC[C@H]1CN(S(=O)(=O)c2cccc(C(F)(F)F)c2)c2cc(/C=C/c3ncccc3Cl)ccc2O1. The van der Waals surface area contributed by atoms with Crippen LogP contribution in [0.2, 0.25) is 5.02 Å². The number of sulfonamides is 1. The van der Waals surface area contributed by atoms with Gasteiger partial charge in [-0.25, -0.2) is 8.42 Å². The van der Waals surface area contributed by atoms with Crippen LogP contribution >= 0.6 is 11.6 Å². The second-order valence-electron chi connectivity index (χ2n) is 8.35. The van der Waals surface area contributed by atoms with Gasteiger partial charge < -0.3 is 9.47 Å². The minimum Gasteiger partial charge on any atom is -0.486 e. The van der Waals surface area contributed by atoms with Crippen molar-refractivity contribution in [1.82, 2.24) is 4.98 Å². The first-order valence-corrected chi connectivity index (χ1v) is 13.2. The lowest BCUT2D eigenvalue weighted by Gasteiger charge is -2.35. The number of rotatable bonds is 7. The minimum absolute atomic E-state index is 0.0282. The monoisotopic (exact) mass is 566 g/mol. The van der Waals surface area contributed by atoms with Gasteiger partial charge in [-0.3, -0.25) is 14.1 Å². The van der Waals surface area contributed by atoms with Crippen LogP contribution in [0.4, 0.5) is 18.9 Å². The zero-order valence-corrected chi connectivity index (χ0v) is 21.6. The average Bonchev–Trinajstić information content (AvgIpc) is 2.90. The van der Waals surface area contributed by atoms with Crippen molar-refractivity contribution >= 4 is 45.4 Å². The lowest BCUT2D eigenvalue weighted by molar-refractivity contribution is -0.141. The maximum absolute atomic E-state index is 13.7. The van der Waals surface area contributed by atoms with Crippen molar-refractivity contribution in [3.63, 3.8) is 0 Å². The van der Waals surface area contributed by atoms with Crippen LogP contribution in [0.5, 0.6) is 5.75 Å². The third kappa shape index (κ3) is 6.11. The van der Waals surface area contributed by atoms with Crippen molar-refractivity contribution in [3.05, 3.63) is 82.6 Å². The highest BCUT2D eigenvalue weighted by molar-refractivity contribution is 7.92. The van der Waals surface area contributed by atoms with E-state index >= 15 is 0 Å². The van der Waals surface area contributed by atoms with Gasteiger partial charge in [0.25, 0.3) is 10.0 Å². The van der Waals surface area contributed by atoms with E-state index in [4.69, 9.17) is 16.3 Å². The fraction of sp³-hybridized carbons (Fsp3) is 0.231. The van der Waals surface area contributed by atoms with Crippen molar-refractivity contribution in [1.29, 1.82) is 0 Å². The number of ether oxygens (including phenoxy) is 2. The summed E-state index contributed by atoms with van der Waals surface area (Å²) in [6.07, 6.45) is -0.450. The molecule has 0 fully saturated rings. The zero-order chi connectivity index (χ0) is 27.5. The summed E-state index contributed by atoms with van der Waals surface area (Å²) >= 11 is 6.15. The van der Waals surface area contributed by atoms with E-state index < -0.39 is 38.7 Å². The number of halogens is 4. The maximum Gasteiger partial charge on any atom is 0.416 e. The number of carbonyl (C=O) groups excluding carboxylic acids is 1. The van der Waals surface area contributed by atoms with Gasteiger partial charge in [0.15, 0.2) is 0 Å². The molecule has 1 aliphatic rings. The van der Waals surface area contributed by atoms with Crippen LogP contribution < -0.4 is 9.04 Å². The van der Waals surface area contributed by atoms with Crippen molar-refractivity contribution in [2.24, 2.45) is 0 Å². The molecule has 1 atom stereocenters. The number of fused-ring (bicyclic) bond motifs is 1. The number of anilines is 1. The molecule has 7 nitrogen and oxygen atoms in total. The molecule has 0 spiro atoms. The van der Waals surface area contributed by atoms with E-state index in [0.717, 1.165) is 22.5 Å². The maximum atomic E-state index is 13.7. The Hall–Kier alpha value is -3.57. The molecule has 0 amide bonds. The molecule has 0 saturated heterocycles. The van der Waals surface area contributed by atoms with Crippen molar-refractivity contribution in [2.75, 3.05) is 18.0 Å². The smallest absolute Gasteiger partial charge is 0.416 e. The van der Waals surface area contributed by atoms with Gasteiger partial charge in [-0.1, -0.05) is 29.8 Å². The number of aromatic nitrogens is 1. The lowest BCUT2D eigenvalue weighted by Crippen LogP contribution is -2.43. The number of esters is 1. The highest BCUT2D eigenvalue weighted by Gasteiger charge is 2.37. The summed E-state index contributed by atoms with van der Waals surface area (Å²) in [7, 11) is -3.21. The molecule has 0 aliphatic carbocycles. The summed E-state index contributed by atoms with van der Waals surface area (Å²) in [5.74, 6) is -0.296. The van der Waals surface area contributed by atoms with Crippen LogP contribution in [0.25, 0.3) is 12.2 Å². The van der Waals surface area contributed by atoms with Gasteiger partial charge >= 0.3 is 12.1 Å². The van der Waals surface area contributed by atoms with Gasteiger partial charge in [-0.05, 0) is 60.5 Å². The van der Waals surface area contributed by atoms with E-state index in [1.165, 1.54) is 7.11 Å². The molecule has 0 N–H and O–H groups in total. The minimum atomic E-state index is -4.72. The van der Waals surface area contributed by atoms with Gasteiger partial charge in [0.05, 0.1) is 40.5 Å². The second-order valence-corrected chi connectivity index (χ2v) is 10.6. The van der Waals surface area contributed by atoms with Crippen LogP contribution in [0, 0.1) is 0 Å². The quantitative estimate of drug-likeness (QED) is 0.334. The van der Waals surface area contributed by atoms with Crippen molar-refractivity contribution in [3.8, 4) is 5.75 Å². The zero-order valence-electron chi connectivity index (χ0n) is 20.0. The molecule has 1 aliphatic heterocycles. The summed E-state index contributed by atoms with van der Waals surface area (Å²) in [6.45, 7) is -0.220. The third-order valence-corrected chi connectivity index (χ3v) is 7.88. The molecule has 3 aromatic rings. The van der Waals surface area contributed by atoms with Crippen LogP contribution in [0.3, 0.4) is 0 Å². The predicted molar refractivity (Wildman–Crippen MR) is 136 cm³/mol. The first-order chi connectivity index (χ1) is 18.0. The van der Waals surface area contributed by atoms with E-state index in [1.807, 2.05) is 0 Å². The highest BCUT2D eigenvalue weighted by Crippen LogP contribution is 2.40. The molecule has 0 saturated carbocycles. The molecule has 200 valence electrons. The second kappa shape index (κ2) is 11.0. The standard InChI is InChI=1S/C26H22ClF3N2O5S/c1-36-25(33)12-9-19-16-32(38(34,35)20-5-2-4-18(15-20)26(28,29)30)23-14-17(8-11-24(23)37-19)7-10-22-21(27)6-3-13-31-22/h2-8,10-11,13-15,19H,9,12,16H2,1H3/b10-7+/t19-/m0/s1. The Labute approximate surface area is 222 Å². The number of alkyl halides is 3. The molecule has 0 radical (unpaired) electrons. The molecule has 0 unspecified atom stereocenters. The first kappa shape index (κ1) is 27.5. The highest BCUT2D eigenvalue weighted by atomic mass is 35.5. The number of carbonyl (C=O) groups is 1. The van der Waals surface area contributed by atoms with Gasteiger partial charge in [-0.2, -0.15) is 13.2 Å². The van der Waals surface area contributed by atoms with Crippen molar-refractivity contribution < 1.29 is 35.9 Å². The number of pyridine rings is 1. The topological polar surface area (TPSA) is 85.8 Å². The molecule has 38 heavy (non-hydrogen) atoms. The van der Waals surface area contributed by atoms with E-state index in [2.05, 4.69) is 9.72 Å². The number of nitrogens with zero attached hydrogens (tertiary/aromatic N) is 2. The van der Waals surface area contributed by atoms with Gasteiger partial charge in [0.2, 0.25) is 0 Å². The Morgan fingerprint density at radius 2 is 1.97 bits per heavy atom. The molecule has 4 rings (SSSR count). The summed E-state index contributed by atoms with van der Waals surface area (Å²) in [5, 5.41) is 0.423. The molecular formula is C26H22ClF3N2O5S. The fourth-order valence-electron chi connectivity index (χ4n) is 3.85. The van der Waals surface area contributed by atoms with Gasteiger partial charge in [-0.15, -0.1) is 0 Å². The third-order valence-electron chi connectivity index (χ3n) is 5.78. The number of hydrogen-bond acceptors (Lipinski definition) is 6. The first-order valence-electron chi connectivity index (χ1n) is 11.3. The van der Waals surface area contributed by atoms with E-state index in [-0.39, 0.29) is 30.8 Å². The van der Waals surface area contributed by atoms with Crippen molar-refractivity contribution in [2.45, 2.75) is 30.0 Å². The Kier molecular flexibility index (Phi) is 7.98. The van der Waals surface area contributed by atoms with Crippen LogP contribution in [0.15, 0.2) is 65.7 Å². The average molecular weight is 567 g/mol. The van der Waals surface area contributed by atoms with Crippen LogP contribution in [0.1, 0.15) is 29.7 Å². The Morgan fingerprint density at radius 3 is 2.68 bits per heavy atom. The molecular weight excluding hydrogens is 545 g/mol. The largest absolute Gasteiger partial charge is 0.486 e. The fourth-order valence-corrected chi connectivity index (χ4v) is 5.58. The van der Waals surface area contributed by atoms with Crippen LogP contribution in [-0.4, -0.2) is 39.1 Å². The molecule has 0 bridgehead atoms. The predicted octanol–water partition coefficient (Wildman–Crippen LogP) is 5.83. The molecule has 12 heteroatoms. The molecule has 2 heterocycles. The number of hydrogen-bond donors (Lipinski definition) is 0. The Balaban J connectivity index is 1.74. The molecule has 1 aromatic heterocycles. The normalized spacial score (nSPS) is 15.7. The summed E-state index contributed by atoms with van der Waals surface area (Å²) in [5.41, 5.74) is 0.134. The number of methoxy groups -OCH3 is 1. The number of benzene rings is 2. The Morgan fingerprint density at radius 1 is 1.18 bits per heavy atom. The van der Waals surface area contributed by atoms with E-state index in [1.54, 1.807) is 48.7 Å². The van der Waals surface area contributed by atoms with E-state index in [9.17, 15) is 26.4 Å². The molecule has 2 aromatic carbocycles.